The van der Waals surface area contributed by atoms with Crippen molar-refractivity contribution in [3.63, 3.8) is 0 Å². The van der Waals surface area contributed by atoms with E-state index in [1.54, 1.807) is 18.4 Å². The number of rotatable bonds is 4. The number of para-hydroxylation sites is 1. The van der Waals surface area contributed by atoms with Crippen LogP contribution in [-0.4, -0.2) is 6.09 Å². The fraction of sp³-hybridized carbons (Fsp3) is 0.214. The molecule has 0 radical (unpaired) electrons. The molecular formula is C14H15NO3. The van der Waals surface area contributed by atoms with E-state index in [4.69, 9.17) is 9.15 Å². The minimum Gasteiger partial charge on any atom is -0.466 e. The number of aryl methyl sites for hydroxylation is 1. The lowest BCUT2D eigenvalue weighted by molar-refractivity contribution is 0.146. The first kappa shape index (κ1) is 12.2. The number of ether oxygens (including phenoxy) is 1. The van der Waals surface area contributed by atoms with Gasteiger partial charge in [-0.25, -0.2) is 4.79 Å². The van der Waals surface area contributed by atoms with E-state index in [2.05, 4.69) is 5.32 Å². The summed E-state index contributed by atoms with van der Waals surface area (Å²) in [5.41, 5.74) is 1.86. The van der Waals surface area contributed by atoms with Gasteiger partial charge >= 0.3 is 6.09 Å². The third-order valence-corrected chi connectivity index (χ3v) is 2.56. The molecule has 4 heteroatoms. The van der Waals surface area contributed by atoms with Crippen molar-refractivity contribution in [3.05, 3.63) is 54.0 Å². The lowest BCUT2D eigenvalue weighted by Gasteiger charge is -2.09. The number of carbonyl (C=O) groups excluding carboxylic acids is 1. The molecule has 0 saturated carbocycles. The minimum atomic E-state index is -0.479. The number of furan rings is 1. The van der Waals surface area contributed by atoms with Crippen molar-refractivity contribution in [1.29, 1.82) is 0 Å². The second-order valence-corrected chi connectivity index (χ2v) is 3.79. The van der Waals surface area contributed by atoms with Crippen LogP contribution in [0.3, 0.4) is 0 Å². The van der Waals surface area contributed by atoms with Crippen LogP contribution in [0.2, 0.25) is 0 Å². The van der Waals surface area contributed by atoms with Gasteiger partial charge in [-0.05, 0) is 30.2 Å². The molecule has 0 saturated heterocycles. The Balaban J connectivity index is 1.90. The van der Waals surface area contributed by atoms with Gasteiger partial charge in [-0.3, -0.25) is 5.32 Å². The van der Waals surface area contributed by atoms with Gasteiger partial charge in [0.1, 0.15) is 5.76 Å². The predicted molar refractivity (Wildman–Crippen MR) is 68.3 cm³/mol. The molecule has 1 N–H and O–H groups in total. The molecule has 0 spiro atoms. The number of hydrogen-bond acceptors (Lipinski definition) is 3. The van der Waals surface area contributed by atoms with Gasteiger partial charge < -0.3 is 9.15 Å². The van der Waals surface area contributed by atoms with Gasteiger partial charge in [0.2, 0.25) is 0 Å². The third-order valence-electron chi connectivity index (χ3n) is 2.56. The fourth-order valence-electron chi connectivity index (χ4n) is 1.63. The van der Waals surface area contributed by atoms with Gasteiger partial charge in [-0.1, -0.05) is 25.1 Å². The van der Waals surface area contributed by atoms with Gasteiger partial charge in [0.25, 0.3) is 0 Å². The molecule has 0 aliphatic carbocycles. The van der Waals surface area contributed by atoms with Gasteiger partial charge in [-0.2, -0.15) is 0 Å². The third kappa shape index (κ3) is 3.13. The summed E-state index contributed by atoms with van der Waals surface area (Å²) < 4.78 is 10.1. The molecule has 1 aromatic heterocycles. The van der Waals surface area contributed by atoms with E-state index >= 15 is 0 Å². The lowest BCUT2D eigenvalue weighted by Crippen LogP contribution is -2.14. The average Bonchev–Trinajstić information content (AvgIpc) is 2.90. The second kappa shape index (κ2) is 5.91. The van der Waals surface area contributed by atoms with E-state index in [-0.39, 0.29) is 6.61 Å². The van der Waals surface area contributed by atoms with Gasteiger partial charge in [0.15, 0.2) is 6.61 Å². The molecular weight excluding hydrogens is 230 g/mol. The predicted octanol–water partition coefficient (Wildman–Crippen LogP) is 3.59. The SMILES string of the molecule is CCc1ccccc1NC(=O)OCc1ccco1. The maximum absolute atomic E-state index is 11.6. The monoisotopic (exact) mass is 245 g/mol. The molecule has 0 fully saturated rings. The molecule has 4 nitrogen and oxygen atoms in total. The maximum Gasteiger partial charge on any atom is 0.412 e. The standard InChI is InChI=1S/C14H15NO3/c1-2-11-6-3-4-8-13(11)15-14(16)18-10-12-7-5-9-17-12/h3-9H,2,10H2,1H3,(H,15,16). The van der Waals surface area contributed by atoms with Crippen LogP contribution < -0.4 is 5.32 Å². The van der Waals surface area contributed by atoms with Gasteiger partial charge in [-0.15, -0.1) is 0 Å². The molecule has 0 aliphatic heterocycles. The number of benzene rings is 1. The van der Waals surface area contributed by atoms with Crippen LogP contribution in [0, 0.1) is 0 Å². The van der Waals surface area contributed by atoms with Crippen LogP contribution in [0.1, 0.15) is 18.2 Å². The number of anilines is 1. The molecule has 0 aliphatic rings. The first-order valence-electron chi connectivity index (χ1n) is 5.83. The van der Waals surface area contributed by atoms with Gasteiger partial charge in [0, 0.05) is 5.69 Å². The van der Waals surface area contributed by atoms with E-state index in [9.17, 15) is 4.79 Å². The summed E-state index contributed by atoms with van der Waals surface area (Å²) in [4.78, 5) is 11.6. The summed E-state index contributed by atoms with van der Waals surface area (Å²) in [5, 5.41) is 2.72. The Bertz CT molecular complexity index is 506. The summed E-state index contributed by atoms with van der Waals surface area (Å²) >= 11 is 0. The highest BCUT2D eigenvalue weighted by atomic mass is 16.6. The van der Waals surface area contributed by atoms with E-state index in [0.29, 0.717) is 5.76 Å². The maximum atomic E-state index is 11.6. The molecule has 1 heterocycles. The molecule has 0 bridgehead atoms. The molecule has 0 atom stereocenters. The summed E-state index contributed by atoms with van der Waals surface area (Å²) in [6, 6.07) is 11.2. The average molecular weight is 245 g/mol. The van der Waals surface area contributed by atoms with Crippen LogP contribution in [0.15, 0.2) is 47.1 Å². The highest BCUT2D eigenvalue weighted by molar-refractivity contribution is 5.85. The summed E-state index contributed by atoms with van der Waals surface area (Å²) in [7, 11) is 0. The molecule has 1 aromatic carbocycles. The Kier molecular flexibility index (Phi) is 4.02. The topological polar surface area (TPSA) is 51.5 Å². The Morgan fingerprint density at radius 3 is 2.83 bits per heavy atom. The molecule has 0 unspecified atom stereocenters. The molecule has 1 amide bonds. The van der Waals surface area contributed by atoms with Crippen molar-refractivity contribution in [2.24, 2.45) is 0 Å². The zero-order valence-corrected chi connectivity index (χ0v) is 10.2. The summed E-state index contributed by atoms with van der Waals surface area (Å²) in [6.07, 6.45) is 1.92. The molecule has 2 rings (SSSR count). The molecule has 18 heavy (non-hydrogen) atoms. The van der Waals surface area contributed by atoms with Crippen molar-refractivity contribution in [2.45, 2.75) is 20.0 Å². The Hall–Kier alpha value is -2.23. The van der Waals surface area contributed by atoms with Crippen molar-refractivity contribution in [3.8, 4) is 0 Å². The van der Waals surface area contributed by atoms with Crippen molar-refractivity contribution >= 4 is 11.8 Å². The smallest absolute Gasteiger partial charge is 0.412 e. The normalized spacial score (nSPS) is 10.1. The van der Waals surface area contributed by atoms with Crippen molar-refractivity contribution in [2.75, 3.05) is 5.32 Å². The quantitative estimate of drug-likeness (QED) is 0.895. The van der Waals surface area contributed by atoms with E-state index in [1.165, 1.54) is 0 Å². The largest absolute Gasteiger partial charge is 0.466 e. The van der Waals surface area contributed by atoms with E-state index < -0.39 is 6.09 Å². The summed E-state index contributed by atoms with van der Waals surface area (Å²) in [6.45, 7) is 2.17. The highest BCUT2D eigenvalue weighted by Crippen LogP contribution is 2.15. The fourth-order valence-corrected chi connectivity index (χ4v) is 1.63. The number of nitrogens with one attached hydrogen (secondary N) is 1. The van der Waals surface area contributed by atoms with Gasteiger partial charge in [0.05, 0.1) is 6.26 Å². The lowest BCUT2D eigenvalue weighted by atomic mass is 10.1. The van der Waals surface area contributed by atoms with Crippen molar-refractivity contribution < 1.29 is 13.9 Å². The van der Waals surface area contributed by atoms with Crippen LogP contribution in [-0.2, 0) is 17.8 Å². The Morgan fingerprint density at radius 2 is 2.11 bits per heavy atom. The summed E-state index contributed by atoms with van der Waals surface area (Å²) in [5.74, 6) is 0.619. The molecule has 2 aromatic rings. The van der Waals surface area contributed by atoms with Crippen LogP contribution in [0.25, 0.3) is 0 Å². The first-order chi connectivity index (χ1) is 8.79. The van der Waals surface area contributed by atoms with E-state index in [0.717, 1.165) is 17.7 Å². The van der Waals surface area contributed by atoms with E-state index in [1.807, 2.05) is 31.2 Å². The zero-order valence-electron chi connectivity index (χ0n) is 10.2. The highest BCUT2D eigenvalue weighted by Gasteiger charge is 2.07. The number of hydrogen-bond donors (Lipinski definition) is 1. The second-order valence-electron chi connectivity index (χ2n) is 3.79. The zero-order chi connectivity index (χ0) is 12.8. The number of carbonyl (C=O) groups is 1. The van der Waals surface area contributed by atoms with Crippen LogP contribution in [0.4, 0.5) is 10.5 Å². The minimum absolute atomic E-state index is 0.132. The first-order valence-corrected chi connectivity index (χ1v) is 5.83. The Labute approximate surface area is 106 Å². The molecule has 94 valence electrons. The van der Waals surface area contributed by atoms with Crippen molar-refractivity contribution in [1.82, 2.24) is 0 Å². The number of amides is 1. The van der Waals surface area contributed by atoms with Crippen LogP contribution >= 0.6 is 0 Å². The Morgan fingerprint density at radius 1 is 1.28 bits per heavy atom. The van der Waals surface area contributed by atoms with Crippen LogP contribution in [0.5, 0.6) is 0 Å².